The molecule has 0 aromatic heterocycles. The van der Waals surface area contributed by atoms with E-state index in [0.717, 1.165) is 19.5 Å². The van der Waals surface area contributed by atoms with Crippen molar-refractivity contribution in [2.24, 2.45) is 5.92 Å². The van der Waals surface area contributed by atoms with Crippen LogP contribution in [0, 0.1) is 12.8 Å². The van der Waals surface area contributed by atoms with E-state index in [0.29, 0.717) is 5.92 Å². The van der Waals surface area contributed by atoms with Crippen LogP contribution in [-0.2, 0) is 6.54 Å². The highest BCUT2D eigenvalue weighted by Crippen LogP contribution is 2.13. The van der Waals surface area contributed by atoms with E-state index in [9.17, 15) is 0 Å². The average Bonchev–Trinajstić information content (AvgIpc) is 2.38. The minimum absolute atomic E-state index is 0.512. The van der Waals surface area contributed by atoms with Crippen molar-refractivity contribution in [3.05, 3.63) is 59.8 Å². The second kappa shape index (κ2) is 7.83. The Morgan fingerprint density at radius 1 is 1.32 bits per heavy atom. The average molecular weight is 257 g/mol. The van der Waals surface area contributed by atoms with Crippen molar-refractivity contribution in [2.45, 2.75) is 40.7 Å². The fourth-order valence-corrected chi connectivity index (χ4v) is 1.89. The van der Waals surface area contributed by atoms with Gasteiger partial charge in [0.25, 0.3) is 0 Å². The summed E-state index contributed by atoms with van der Waals surface area (Å²) >= 11 is 0. The van der Waals surface area contributed by atoms with Gasteiger partial charge in [0.15, 0.2) is 0 Å². The lowest BCUT2D eigenvalue weighted by Crippen LogP contribution is -2.18. The molecule has 1 nitrogen and oxygen atoms in total. The van der Waals surface area contributed by atoms with Gasteiger partial charge in [0.05, 0.1) is 0 Å². The molecule has 1 heteroatoms. The molecule has 1 aromatic rings. The SMILES string of the molecule is C=C(/C=C\N(CCC)Cc1ccccc1C)C(C)C. The van der Waals surface area contributed by atoms with Gasteiger partial charge in [-0.05, 0) is 42.7 Å². The maximum absolute atomic E-state index is 4.10. The summed E-state index contributed by atoms with van der Waals surface area (Å²) in [5.41, 5.74) is 3.95. The Bertz CT molecular complexity index is 429. The van der Waals surface area contributed by atoms with Gasteiger partial charge in [-0.2, -0.15) is 0 Å². The van der Waals surface area contributed by atoms with E-state index in [1.54, 1.807) is 0 Å². The molecule has 0 fully saturated rings. The van der Waals surface area contributed by atoms with Crippen molar-refractivity contribution in [1.29, 1.82) is 0 Å². The highest BCUT2D eigenvalue weighted by molar-refractivity contribution is 5.26. The van der Waals surface area contributed by atoms with Crippen LogP contribution in [-0.4, -0.2) is 11.4 Å². The normalized spacial score (nSPS) is 11.2. The van der Waals surface area contributed by atoms with Gasteiger partial charge in [0, 0.05) is 13.1 Å². The molecule has 0 unspecified atom stereocenters. The maximum atomic E-state index is 4.10. The van der Waals surface area contributed by atoms with Gasteiger partial charge in [-0.25, -0.2) is 0 Å². The summed E-state index contributed by atoms with van der Waals surface area (Å²) in [5.74, 6) is 0.512. The summed E-state index contributed by atoms with van der Waals surface area (Å²) in [6, 6.07) is 8.60. The minimum Gasteiger partial charge on any atom is -0.373 e. The molecule has 0 saturated heterocycles. The van der Waals surface area contributed by atoms with Gasteiger partial charge in [0.1, 0.15) is 0 Å². The van der Waals surface area contributed by atoms with Crippen LogP contribution in [0.1, 0.15) is 38.3 Å². The summed E-state index contributed by atoms with van der Waals surface area (Å²) < 4.78 is 0. The molecule has 0 saturated carbocycles. The maximum Gasteiger partial charge on any atom is 0.0426 e. The molecule has 0 heterocycles. The van der Waals surface area contributed by atoms with Crippen LogP contribution in [0.15, 0.2) is 48.7 Å². The van der Waals surface area contributed by atoms with Crippen molar-refractivity contribution < 1.29 is 0 Å². The molecule has 19 heavy (non-hydrogen) atoms. The summed E-state index contributed by atoms with van der Waals surface area (Å²) in [5, 5.41) is 0. The Labute approximate surface area is 118 Å². The summed E-state index contributed by atoms with van der Waals surface area (Å²) in [6.45, 7) is 14.9. The van der Waals surface area contributed by atoms with Gasteiger partial charge in [0.2, 0.25) is 0 Å². The molecule has 0 aliphatic heterocycles. The molecule has 0 bridgehead atoms. The third-order valence-electron chi connectivity index (χ3n) is 3.39. The summed E-state index contributed by atoms with van der Waals surface area (Å²) in [7, 11) is 0. The van der Waals surface area contributed by atoms with Gasteiger partial charge in [-0.1, -0.05) is 57.2 Å². The Hall–Kier alpha value is -1.50. The number of hydrogen-bond donors (Lipinski definition) is 0. The quantitative estimate of drug-likeness (QED) is 0.626. The number of rotatable bonds is 7. The molecule has 1 rings (SSSR count). The van der Waals surface area contributed by atoms with Gasteiger partial charge in [-0.15, -0.1) is 0 Å². The zero-order valence-corrected chi connectivity index (χ0v) is 12.8. The first kappa shape index (κ1) is 15.6. The zero-order chi connectivity index (χ0) is 14.3. The van der Waals surface area contributed by atoms with Crippen LogP contribution in [0.5, 0.6) is 0 Å². The monoisotopic (exact) mass is 257 g/mol. The molecule has 0 aliphatic rings. The fourth-order valence-electron chi connectivity index (χ4n) is 1.89. The third-order valence-corrected chi connectivity index (χ3v) is 3.39. The first-order valence-corrected chi connectivity index (χ1v) is 7.20. The second-order valence-corrected chi connectivity index (χ2v) is 5.44. The number of allylic oxidation sites excluding steroid dienone is 2. The largest absolute Gasteiger partial charge is 0.373 e. The molecule has 0 N–H and O–H groups in total. The second-order valence-electron chi connectivity index (χ2n) is 5.44. The van der Waals surface area contributed by atoms with Crippen molar-refractivity contribution in [3.63, 3.8) is 0 Å². The molecular formula is C18H27N. The number of nitrogens with zero attached hydrogens (tertiary/aromatic N) is 1. The van der Waals surface area contributed by atoms with E-state index in [2.05, 4.69) is 75.7 Å². The van der Waals surface area contributed by atoms with E-state index in [4.69, 9.17) is 0 Å². The Morgan fingerprint density at radius 2 is 2.00 bits per heavy atom. The number of aryl methyl sites for hydroxylation is 1. The molecule has 0 atom stereocenters. The first-order chi connectivity index (χ1) is 9.04. The number of benzene rings is 1. The van der Waals surface area contributed by atoms with Crippen LogP contribution in [0.3, 0.4) is 0 Å². The van der Waals surface area contributed by atoms with Crippen molar-refractivity contribution in [1.82, 2.24) is 4.90 Å². The van der Waals surface area contributed by atoms with Gasteiger partial charge < -0.3 is 4.90 Å². The lowest BCUT2D eigenvalue weighted by molar-refractivity contribution is 0.368. The van der Waals surface area contributed by atoms with Crippen LogP contribution in [0.25, 0.3) is 0 Å². The predicted molar refractivity (Wildman–Crippen MR) is 85.0 cm³/mol. The molecular weight excluding hydrogens is 230 g/mol. The van der Waals surface area contributed by atoms with E-state index >= 15 is 0 Å². The minimum atomic E-state index is 0.512. The van der Waals surface area contributed by atoms with E-state index in [-0.39, 0.29) is 0 Å². The van der Waals surface area contributed by atoms with Crippen molar-refractivity contribution >= 4 is 0 Å². The van der Waals surface area contributed by atoms with Crippen molar-refractivity contribution in [2.75, 3.05) is 6.54 Å². The third kappa shape index (κ3) is 5.34. The molecule has 0 spiro atoms. The van der Waals surface area contributed by atoms with E-state index in [1.807, 2.05) is 0 Å². The summed E-state index contributed by atoms with van der Waals surface area (Å²) in [6.07, 6.45) is 5.50. The van der Waals surface area contributed by atoms with Crippen LogP contribution in [0.4, 0.5) is 0 Å². The Kier molecular flexibility index (Phi) is 6.41. The van der Waals surface area contributed by atoms with Crippen LogP contribution in [0.2, 0.25) is 0 Å². The smallest absolute Gasteiger partial charge is 0.0426 e. The lowest BCUT2D eigenvalue weighted by Gasteiger charge is -2.21. The van der Waals surface area contributed by atoms with Crippen LogP contribution >= 0.6 is 0 Å². The molecule has 0 amide bonds. The zero-order valence-electron chi connectivity index (χ0n) is 12.8. The van der Waals surface area contributed by atoms with Crippen molar-refractivity contribution in [3.8, 4) is 0 Å². The highest BCUT2D eigenvalue weighted by atomic mass is 15.1. The predicted octanol–water partition coefficient (Wildman–Crippen LogP) is 4.93. The van der Waals surface area contributed by atoms with Crippen LogP contribution < -0.4 is 0 Å². The van der Waals surface area contributed by atoms with Gasteiger partial charge >= 0.3 is 0 Å². The molecule has 0 radical (unpaired) electrons. The first-order valence-electron chi connectivity index (χ1n) is 7.20. The Morgan fingerprint density at radius 3 is 2.58 bits per heavy atom. The number of hydrogen-bond acceptors (Lipinski definition) is 1. The van der Waals surface area contributed by atoms with Gasteiger partial charge in [-0.3, -0.25) is 0 Å². The molecule has 104 valence electrons. The van der Waals surface area contributed by atoms with E-state index < -0.39 is 0 Å². The summed E-state index contributed by atoms with van der Waals surface area (Å²) in [4.78, 5) is 2.37. The Balaban J connectivity index is 2.73. The standard InChI is InChI=1S/C18H27N/c1-6-12-19(13-11-16(4)15(2)3)14-18-10-8-7-9-17(18)5/h7-11,13,15H,4,6,12,14H2,1-3,5H3/b13-11-. The molecule has 1 aromatic carbocycles. The molecule has 0 aliphatic carbocycles. The lowest BCUT2D eigenvalue weighted by atomic mass is 10.1. The van der Waals surface area contributed by atoms with E-state index in [1.165, 1.54) is 16.7 Å². The highest BCUT2D eigenvalue weighted by Gasteiger charge is 2.03. The fraction of sp³-hybridized carbons (Fsp3) is 0.444. The topological polar surface area (TPSA) is 3.24 Å².